The van der Waals surface area contributed by atoms with Crippen molar-refractivity contribution in [2.24, 2.45) is 0 Å². The van der Waals surface area contributed by atoms with Crippen LogP contribution in [0, 0.1) is 6.92 Å². The van der Waals surface area contributed by atoms with Gasteiger partial charge in [-0.1, -0.05) is 41.4 Å². The molecule has 6 nitrogen and oxygen atoms in total. The third-order valence-corrected chi connectivity index (χ3v) is 7.20. The average Bonchev–Trinajstić information content (AvgIpc) is 3.37. The molecule has 0 unspecified atom stereocenters. The third-order valence-electron chi connectivity index (χ3n) is 5.11. The van der Waals surface area contributed by atoms with Crippen molar-refractivity contribution in [1.82, 2.24) is 10.3 Å². The molecule has 0 atom stereocenters. The second kappa shape index (κ2) is 8.88. The molecule has 0 radical (unpaired) electrons. The number of thiophene rings is 1. The van der Waals surface area contributed by atoms with Gasteiger partial charge in [0.2, 0.25) is 5.89 Å². The minimum atomic E-state index is -0.436. The quantitative estimate of drug-likeness (QED) is 0.170. The number of aryl methyl sites for hydroxylation is 1. The number of hydrogen-bond donors (Lipinski definition) is 3. The number of hydrogen-bond acceptors (Lipinski definition) is 6. The first-order chi connectivity index (χ1) is 16.3. The van der Waals surface area contributed by atoms with Crippen LogP contribution in [0.25, 0.3) is 32.6 Å². The molecule has 0 aliphatic rings. The number of anilines is 1. The molecule has 0 aliphatic heterocycles. The molecular weight excluding hydrogens is 513 g/mol. The van der Waals surface area contributed by atoms with Crippen molar-refractivity contribution in [2.45, 2.75) is 6.92 Å². The van der Waals surface area contributed by atoms with E-state index in [0.717, 1.165) is 10.1 Å². The third kappa shape index (κ3) is 4.21. The number of phenolic OH excluding ortho intramolecular Hbond substituents is 1. The van der Waals surface area contributed by atoms with Gasteiger partial charge in [-0.2, -0.15) is 0 Å². The maximum atomic E-state index is 12.8. The summed E-state index contributed by atoms with van der Waals surface area (Å²) in [4.78, 5) is 17.6. The zero-order chi connectivity index (χ0) is 24.0. The predicted molar refractivity (Wildman–Crippen MR) is 141 cm³/mol. The van der Waals surface area contributed by atoms with Crippen LogP contribution in [0.5, 0.6) is 5.75 Å². The molecule has 10 heteroatoms. The van der Waals surface area contributed by atoms with Crippen molar-refractivity contribution >= 4 is 84.6 Å². The maximum Gasteiger partial charge on any atom is 0.269 e. The van der Waals surface area contributed by atoms with E-state index in [-0.39, 0.29) is 16.8 Å². The van der Waals surface area contributed by atoms with E-state index in [1.54, 1.807) is 43.3 Å². The Hall–Kier alpha value is -3.17. The predicted octanol–water partition coefficient (Wildman–Crippen LogP) is 7.16. The highest BCUT2D eigenvalue weighted by Crippen LogP contribution is 2.37. The summed E-state index contributed by atoms with van der Waals surface area (Å²) in [6, 6.07) is 15.9. The molecule has 0 bridgehead atoms. The van der Waals surface area contributed by atoms with E-state index in [2.05, 4.69) is 15.6 Å². The Morgan fingerprint density at radius 1 is 1.15 bits per heavy atom. The lowest BCUT2D eigenvalue weighted by Crippen LogP contribution is -2.33. The highest BCUT2D eigenvalue weighted by molar-refractivity contribution is 7.80. The highest BCUT2D eigenvalue weighted by atomic mass is 35.5. The number of oxazole rings is 1. The molecule has 0 aliphatic carbocycles. The number of aromatic nitrogens is 1. The summed E-state index contributed by atoms with van der Waals surface area (Å²) >= 11 is 19.0. The van der Waals surface area contributed by atoms with Gasteiger partial charge in [-0.15, -0.1) is 11.3 Å². The number of aromatic hydroxyl groups is 1. The number of halogens is 2. The lowest BCUT2D eigenvalue weighted by molar-refractivity contribution is 0.0982. The summed E-state index contributed by atoms with van der Waals surface area (Å²) in [7, 11) is 0. The van der Waals surface area contributed by atoms with Gasteiger partial charge in [0, 0.05) is 20.8 Å². The van der Waals surface area contributed by atoms with E-state index >= 15 is 0 Å². The molecule has 2 aromatic heterocycles. The summed E-state index contributed by atoms with van der Waals surface area (Å²) in [6.07, 6.45) is 0. The van der Waals surface area contributed by atoms with Crippen LogP contribution >= 0.6 is 46.8 Å². The molecule has 3 aromatic carbocycles. The molecule has 3 N–H and O–H groups in total. The zero-order valence-electron chi connectivity index (χ0n) is 17.5. The first kappa shape index (κ1) is 22.6. The van der Waals surface area contributed by atoms with Crippen molar-refractivity contribution in [3.63, 3.8) is 0 Å². The van der Waals surface area contributed by atoms with Crippen molar-refractivity contribution in [3.8, 4) is 17.2 Å². The minimum absolute atomic E-state index is 0.0442. The van der Waals surface area contributed by atoms with Crippen LogP contribution < -0.4 is 10.6 Å². The van der Waals surface area contributed by atoms with Crippen LogP contribution in [0.3, 0.4) is 0 Å². The fraction of sp³-hybridized carbons (Fsp3) is 0.0417. The molecule has 1 amide bonds. The van der Waals surface area contributed by atoms with Crippen molar-refractivity contribution in [2.75, 3.05) is 5.32 Å². The van der Waals surface area contributed by atoms with E-state index < -0.39 is 5.91 Å². The first-order valence-electron chi connectivity index (χ1n) is 9.99. The number of phenols is 1. The van der Waals surface area contributed by atoms with Crippen LogP contribution in [0.2, 0.25) is 10.0 Å². The standard InChI is InChI=1S/C24H15Cl2N3O3S2/c1-11-8-13(10-15(20(11)30)23-28-16-4-2-3-5-17(16)32-23)27-24(33)29-22(31)21-19(26)14-7-6-12(25)9-18(14)34-21/h2-10,30H,1H3,(H2,27,29,31,33). The fourth-order valence-electron chi connectivity index (χ4n) is 3.51. The molecule has 170 valence electrons. The summed E-state index contributed by atoms with van der Waals surface area (Å²) < 4.78 is 6.60. The average molecular weight is 528 g/mol. The van der Waals surface area contributed by atoms with E-state index in [4.69, 9.17) is 39.8 Å². The number of para-hydroxylation sites is 2. The van der Waals surface area contributed by atoms with Gasteiger partial charge in [0.15, 0.2) is 10.7 Å². The SMILES string of the molecule is Cc1cc(NC(=S)NC(=O)c2sc3cc(Cl)ccc3c2Cl)cc(-c2nc3ccccc3o2)c1O. The second-order valence-electron chi connectivity index (χ2n) is 7.47. The van der Waals surface area contributed by atoms with Crippen molar-refractivity contribution in [1.29, 1.82) is 0 Å². The number of carbonyl (C=O) groups is 1. The molecule has 0 spiro atoms. The molecule has 0 saturated heterocycles. The van der Waals surface area contributed by atoms with Crippen molar-refractivity contribution in [3.05, 3.63) is 75.1 Å². The monoisotopic (exact) mass is 527 g/mol. The van der Waals surface area contributed by atoms with Gasteiger partial charge in [-0.05, 0) is 61.1 Å². The number of nitrogens with one attached hydrogen (secondary N) is 2. The Bertz CT molecular complexity index is 1580. The number of carbonyl (C=O) groups excluding carboxylic acids is 1. The molecule has 0 saturated carbocycles. The molecule has 2 heterocycles. The van der Waals surface area contributed by atoms with Crippen LogP contribution in [-0.2, 0) is 0 Å². The Kier molecular flexibility index (Phi) is 5.91. The molecule has 5 aromatic rings. The van der Waals surface area contributed by atoms with E-state index in [1.807, 2.05) is 18.2 Å². The van der Waals surface area contributed by atoms with E-state index in [9.17, 15) is 9.90 Å². The summed E-state index contributed by atoms with van der Waals surface area (Å²) in [5.41, 5.74) is 2.82. The number of benzene rings is 3. The van der Waals surface area contributed by atoms with Crippen LogP contribution in [0.1, 0.15) is 15.2 Å². The summed E-state index contributed by atoms with van der Waals surface area (Å²) in [6.45, 7) is 1.75. The molecule has 5 rings (SSSR count). The van der Waals surface area contributed by atoms with Gasteiger partial charge in [-0.3, -0.25) is 10.1 Å². The van der Waals surface area contributed by atoms with Gasteiger partial charge >= 0.3 is 0 Å². The largest absolute Gasteiger partial charge is 0.507 e. The van der Waals surface area contributed by atoms with Gasteiger partial charge in [0.1, 0.15) is 16.1 Å². The Morgan fingerprint density at radius 2 is 1.94 bits per heavy atom. The van der Waals surface area contributed by atoms with Crippen LogP contribution in [0.15, 0.2) is 59.0 Å². The van der Waals surface area contributed by atoms with Gasteiger partial charge in [0.05, 0.1) is 10.6 Å². The number of fused-ring (bicyclic) bond motifs is 2. The number of rotatable bonds is 3. The zero-order valence-corrected chi connectivity index (χ0v) is 20.6. The highest BCUT2D eigenvalue weighted by Gasteiger charge is 2.19. The second-order valence-corrected chi connectivity index (χ2v) is 9.74. The van der Waals surface area contributed by atoms with Gasteiger partial charge < -0.3 is 14.8 Å². The molecule has 0 fully saturated rings. The Morgan fingerprint density at radius 3 is 2.74 bits per heavy atom. The summed E-state index contributed by atoms with van der Waals surface area (Å²) in [5, 5.41) is 17.9. The fourth-order valence-corrected chi connectivity index (χ4v) is 5.41. The molecule has 34 heavy (non-hydrogen) atoms. The lowest BCUT2D eigenvalue weighted by Gasteiger charge is -2.12. The number of thiocarbonyl (C=S) groups is 1. The van der Waals surface area contributed by atoms with E-state index in [0.29, 0.717) is 42.8 Å². The Balaban J connectivity index is 1.38. The molecular formula is C24H15Cl2N3O3S2. The Labute approximate surface area is 213 Å². The first-order valence-corrected chi connectivity index (χ1v) is 12.0. The smallest absolute Gasteiger partial charge is 0.269 e. The normalized spacial score (nSPS) is 11.1. The lowest BCUT2D eigenvalue weighted by atomic mass is 10.1. The maximum absolute atomic E-state index is 12.8. The number of amides is 1. The number of nitrogens with zero attached hydrogens (tertiary/aromatic N) is 1. The van der Waals surface area contributed by atoms with Gasteiger partial charge in [-0.25, -0.2) is 4.98 Å². The summed E-state index contributed by atoms with van der Waals surface area (Å²) in [5.74, 6) is -0.117. The van der Waals surface area contributed by atoms with Crippen LogP contribution in [0.4, 0.5) is 5.69 Å². The topological polar surface area (TPSA) is 87.4 Å². The van der Waals surface area contributed by atoms with E-state index in [1.165, 1.54) is 11.3 Å². The minimum Gasteiger partial charge on any atom is -0.507 e. The van der Waals surface area contributed by atoms with Crippen molar-refractivity contribution < 1.29 is 14.3 Å². The van der Waals surface area contributed by atoms with Crippen LogP contribution in [-0.4, -0.2) is 21.1 Å². The van der Waals surface area contributed by atoms with Gasteiger partial charge in [0.25, 0.3) is 5.91 Å².